The Labute approximate surface area is 132 Å². The van der Waals surface area contributed by atoms with Gasteiger partial charge in [0.2, 0.25) is 11.9 Å². The van der Waals surface area contributed by atoms with Gasteiger partial charge in [-0.25, -0.2) is 4.52 Å². The molecule has 8 heteroatoms. The number of hydrogen-bond acceptors (Lipinski definition) is 5. The van der Waals surface area contributed by atoms with E-state index in [1.54, 1.807) is 16.8 Å². The zero-order chi connectivity index (χ0) is 16.4. The van der Waals surface area contributed by atoms with E-state index >= 15 is 0 Å². The number of pyridine rings is 1. The first-order valence-electron chi connectivity index (χ1n) is 7.15. The lowest BCUT2D eigenvalue weighted by Gasteiger charge is -2.10. The zero-order valence-electron chi connectivity index (χ0n) is 12.8. The maximum absolute atomic E-state index is 11.4. The second-order valence-electron chi connectivity index (χ2n) is 5.29. The zero-order valence-corrected chi connectivity index (χ0v) is 12.8. The predicted molar refractivity (Wildman–Crippen MR) is 83.5 cm³/mol. The predicted octanol–water partition coefficient (Wildman–Crippen LogP) is 2.03. The number of nitriles is 1. The molecule has 0 unspecified atom stereocenters. The van der Waals surface area contributed by atoms with Gasteiger partial charge in [0.05, 0.1) is 11.8 Å². The average Bonchev–Trinajstić information content (AvgIpc) is 3.12. The topological polar surface area (TPSA) is 101 Å². The monoisotopic (exact) mass is 309 g/mol. The van der Waals surface area contributed by atoms with Crippen molar-refractivity contribution < 1.29 is 4.79 Å². The van der Waals surface area contributed by atoms with Gasteiger partial charge >= 0.3 is 0 Å². The fourth-order valence-electron chi connectivity index (χ4n) is 2.28. The molecule has 116 valence electrons. The lowest BCUT2D eigenvalue weighted by Crippen LogP contribution is -2.11. The number of nitrogens with zero attached hydrogens (tertiary/aromatic N) is 6. The molecule has 0 radical (unpaired) electrons. The minimum Gasteiger partial charge on any atom is -0.292 e. The number of carbonyl (C=O) groups is 1. The number of carbonyl (C=O) groups excluding carboxylic acids is 1. The Morgan fingerprint density at radius 3 is 2.96 bits per heavy atom. The molecular formula is C15H15N7O. The third-order valence-corrected chi connectivity index (χ3v) is 3.28. The summed E-state index contributed by atoms with van der Waals surface area (Å²) in [6.07, 6.45) is 3.36. The van der Waals surface area contributed by atoms with Crippen LogP contribution in [0.3, 0.4) is 0 Å². The first-order chi connectivity index (χ1) is 11.1. The average molecular weight is 309 g/mol. The molecule has 3 rings (SSSR count). The van der Waals surface area contributed by atoms with Crippen LogP contribution in [0.2, 0.25) is 0 Å². The van der Waals surface area contributed by atoms with Crippen molar-refractivity contribution in [1.82, 2.24) is 24.4 Å². The summed E-state index contributed by atoms with van der Waals surface area (Å²) in [5, 5.41) is 19.5. The third-order valence-electron chi connectivity index (χ3n) is 3.28. The molecule has 0 spiro atoms. The molecule has 23 heavy (non-hydrogen) atoms. The van der Waals surface area contributed by atoms with Crippen molar-refractivity contribution in [2.45, 2.75) is 26.3 Å². The highest BCUT2D eigenvalue weighted by Gasteiger charge is 2.11. The molecule has 0 fully saturated rings. The molecule has 0 saturated heterocycles. The van der Waals surface area contributed by atoms with Gasteiger partial charge in [-0.3, -0.25) is 14.8 Å². The second kappa shape index (κ2) is 5.88. The van der Waals surface area contributed by atoms with Crippen molar-refractivity contribution in [1.29, 1.82) is 5.26 Å². The smallest absolute Gasteiger partial charge is 0.249 e. The van der Waals surface area contributed by atoms with E-state index in [2.05, 4.69) is 34.3 Å². The first kappa shape index (κ1) is 14.7. The van der Waals surface area contributed by atoms with Gasteiger partial charge in [-0.2, -0.15) is 15.3 Å². The van der Waals surface area contributed by atoms with Crippen molar-refractivity contribution in [3.8, 4) is 17.3 Å². The molecular weight excluding hydrogens is 294 g/mol. The summed E-state index contributed by atoms with van der Waals surface area (Å²) in [5.41, 5.74) is 2.53. The molecule has 8 nitrogen and oxygen atoms in total. The molecule has 1 amide bonds. The third kappa shape index (κ3) is 2.89. The Hall–Kier alpha value is -3.21. The lowest BCUT2D eigenvalue weighted by atomic mass is 10.2. The highest BCUT2D eigenvalue weighted by atomic mass is 16.1. The Balaban J connectivity index is 1.95. The van der Waals surface area contributed by atoms with Crippen LogP contribution in [0, 0.1) is 11.3 Å². The number of rotatable bonds is 4. The fraction of sp³-hybridized carbons (Fsp3) is 0.267. The van der Waals surface area contributed by atoms with Crippen molar-refractivity contribution in [2.24, 2.45) is 0 Å². The summed E-state index contributed by atoms with van der Waals surface area (Å²) >= 11 is 0. The van der Waals surface area contributed by atoms with Gasteiger partial charge in [-0.05, 0) is 32.0 Å². The molecule has 3 heterocycles. The molecule has 0 aliphatic heterocycles. The van der Waals surface area contributed by atoms with Crippen LogP contribution in [-0.4, -0.2) is 30.3 Å². The van der Waals surface area contributed by atoms with E-state index in [9.17, 15) is 4.79 Å². The number of nitrogens with one attached hydrogen (secondary N) is 1. The molecule has 0 bridgehead atoms. The van der Waals surface area contributed by atoms with Crippen molar-refractivity contribution in [3.05, 3.63) is 30.6 Å². The number of hydrogen-bond donors (Lipinski definition) is 1. The summed E-state index contributed by atoms with van der Waals surface area (Å²) in [6.45, 7) is 4.13. The number of amides is 1. The van der Waals surface area contributed by atoms with Gasteiger partial charge < -0.3 is 0 Å². The van der Waals surface area contributed by atoms with Crippen LogP contribution in [0.5, 0.6) is 0 Å². The van der Waals surface area contributed by atoms with Gasteiger partial charge in [0.15, 0.2) is 5.65 Å². The molecule has 1 N–H and O–H groups in total. The summed E-state index contributed by atoms with van der Waals surface area (Å²) in [5.74, 6) is -0.249. The van der Waals surface area contributed by atoms with Crippen LogP contribution in [-0.2, 0) is 4.79 Å². The standard InChI is InChI=1S/C15H15N7O/c1-10(2)22-12(6-8-17-22)11-3-4-13-18-15(20-21(13)9-11)19-14(23)5-7-16/h3-4,6,8-10H,5H2,1-2H3,(H,19,20,23). The number of anilines is 1. The van der Waals surface area contributed by atoms with Crippen LogP contribution in [0.25, 0.3) is 16.9 Å². The van der Waals surface area contributed by atoms with E-state index < -0.39 is 5.91 Å². The summed E-state index contributed by atoms with van der Waals surface area (Å²) < 4.78 is 3.52. The largest absolute Gasteiger partial charge is 0.292 e. The molecule has 0 aromatic carbocycles. The Morgan fingerprint density at radius 2 is 2.22 bits per heavy atom. The van der Waals surface area contributed by atoms with E-state index in [1.165, 1.54) is 0 Å². The molecule has 0 saturated carbocycles. The van der Waals surface area contributed by atoms with E-state index in [-0.39, 0.29) is 18.4 Å². The number of fused-ring (bicyclic) bond motifs is 1. The van der Waals surface area contributed by atoms with E-state index in [1.807, 2.05) is 29.1 Å². The van der Waals surface area contributed by atoms with Crippen LogP contribution in [0.4, 0.5) is 5.95 Å². The lowest BCUT2D eigenvalue weighted by molar-refractivity contribution is -0.115. The first-order valence-corrected chi connectivity index (χ1v) is 7.15. The van der Waals surface area contributed by atoms with E-state index in [0.29, 0.717) is 5.65 Å². The van der Waals surface area contributed by atoms with Gasteiger partial charge in [0.25, 0.3) is 0 Å². The van der Waals surface area contributed by atoms with Crippen molar-refractivity contribution in [3.63, 3.8) is 0 Å². The Morgan fingerprint density at radius 1 is 1.39 bits per heavy atom. The highest BCUT2D eigenvalue weighted by Crippen LogP contribution is 2.22. The van der Waals surface area contributed by atoms with Crippen molar-refractivity contribution >= 4 is 17.5 Å². The molecule has 0 aliphatic carbocycles. The molecule has 0 atom stereocenters. The quantitative estimate of drug-likeness (QED) is 0.794. The fourth-order valence-corrected chi connectivity index (χ4v) is 2.28. The van der Waals surface area contributed by atoms with Crippen LogP contribution in [0.15, 0.2) is 30.6 Å². The second-order valence-corrected chi connectivity index (χ2v) is 5.29. The molecule has 3 aromatic rings. The number of aromatic nitrogens is 5. The molecule has 3 aromatic heterocycles. The minimum absolute atomic E-state index is 0.180. The maximum Gasteiger partial charge on any atom is 0.249 e. The van der Waals surface area contributed by atoms with Gasteiger partial charge in [0.1, 0.15) is 6.42 Å². The van der Waals surface area contributed by atoms with Crippen LogP contribution in [0.1, 0.15) is 26.3 Å². The summed E-state index contributed by atoms with van der Waals surface area (Å²) in [4.78, 5) is 15.6. The van der Waals surface area contributed by atoms with Gasteiger partial charge in [-0.15, -0.1) is 5.10 Å². The van der Waals surface area contributed by atoms with E-state index in [4.69, 9.17) is 5.26 Å². The highest BCUT2D eigenvalue weighted by molar-refractivity contribution is 5.90. The van der Waals surface area contributed by atoms with Gasteiger partial charge in [-0.1, -0.05) is 0 Å². The normalized spacial score (nSPS) is 10.9. The van der Waals surface area contributed by atoms with Gasteiger partial charge in [0, 0.05) is 24.0 Å². The van der Waals surface area contributed by atoms with Crippen LogP contribution < -0.4 is 5.32 Å². The maximum atomic E-state index is 11.4. The Kier molecular flexibility index (Phi) is 3.76. The minimum atomic E-state index is -0.429. The molecule has 0 aliphatic rings. The summed E-state index contributed by atoms with van der Waals surface area (Å²) in [7, 11) is 0. The van der Waals surface area contributed by atoms with Crippen LogP contribution >= 0.6 is 0 Å². The summed E-state index contributed by atoms with van der Waals surface area (Å²) in [6, 6.07) is 7.71. The van der Waals surface area contributed by atoms with Crippen molar-refractivity contribution in [2.75, 3.05) is 5.32 Å². The van der Waals surface area contributed by atoms with E-state index in [0.717, 1.165) is 11.3 Å². The Bertz CT molecular complexity index is 900. The SMILES string of the molecule is CC(C)n1nccc1-c1ccc2nc(NC(=O)CC#N)nn2c1.